The Morgan fingerprint density at radius 2 is 1.96 bits per heavy atom. The summed E-state index contributed by atoms with van der Waals surface area (Å²) in [4.78, 5) is 14.3. The Labute approximate surface area is 138 Å². The van der Waals surface area contributed by atoms with Crippen LogP contribution in [0.15, 0.2) is 42.5 Å². The fraction of sp³-hybridized carbons (Fsp3) is 0.167. The molecule has 0 amide bonds. The number of carbonyl (C=O) groups is 1. The Kier molecular flexibility index (Phi) is 4.26. The van der Waals surface area contributed by atoms with Crippen LogP contribution in [0.5, 0.6) is 5.88 Å². The topological polar surface area (TPSA) is 62.3 Å². The van der Waals surface area contributed by atoms with Crippen molar-refractivity contribution in [2.45, 2.75) is 12.8 Å². The third-order valence-corrected chi connectivity index (χ3v) is 4.07. The number of rotatable bonds is 5. The number of aromatic nitrogens is 1. The molecule has 0 saturated heterocycles. The summed E-state index contributed by atoms with van der Waals surface area (Å²) in [5.74, 6) is -0.378. The van der Waals surface area contributed by atoms with E-state index in [-0.39, 0.29) is 6.42 Å². The largest absolute Gasteiger partial charge is 0.482 e. The smallest absolute Gasteiger partial charge is 0.308 e. The molecule has 0 unspecified atom stereocenters. The number of hydrogen-bond donors (Lipinski definition) is 2. The van der Waals surface area contributed by atoms with Crippen molar-refractivity contribution in [3.05, 3.63) is 64.2 Å². The molecule has 0 spiro atoms. The first-order chi connectivity index (χ1) is 11.1. The molecule has 1 aromatic heterocycles. The number of carboxylic acids is 1. The van der Waals surface area contributed by atoms with Crippen LogP contribution in [0.2, 0.25) is 5.02 Å². The van der Waals surface area contributed by atoms with E-state index >= 15 is 0 Å². The van der Waals surface area contributed by atoms with E-state index in [0.717, 1.165) is 22.0 Å². The summed E-state index contributed by atoms with van der Waals surface area (Å²) in [6, 6.07) is 13.5. The van der Waals surface area contributed by atoms with Gasteiger partial charge in [-0.3, -0.25) is 4.79 Å². The van der Waals surface area contributed by atoms with Crippen LogP contribution in [-0.2, 0) is 17.6 Å². The van der Waals surface area contributed by atoms with E-state index in [0.29, 0.717) is 22.9 Å². The first-order valence-electron chi connectivity index (χ1n) is 7.21. The molecule has 2 aromatic carbocycles. The normalized spacial score (nSPS) is 10.9. The Morgan fingerprint density at radius 3 is 2.61 bits per heavy atom. The van der Waals surface area contributed by atoms with Gasteiger partial charge in [0.25, 0.3) is 0 Å². The molecule has 5 heteroatoms. The summed E-state index contributed by atoms with van der Waals surface area (Å²) in [5.41, 5.74) is 3.73. The van der Waals surface area contributed by atoms with Crippen molar-refractivity contribution < 1.29 is 14.6 Å². The van der Waals surface area contributed by atoms with Gasteiger partial charge in [-0.25, -0.2) is 0 Å². The van der Waals surface area contributed by atoms with Gasteiger partial charge >= 0.3 is 5.97 Å². The Bertz CT molecular complexity index is 853. The number of ether oxygens (including phenoxy) is 1. The molecule has 2 N–H and O–H groups in total. The molecule has 0 bridgehead atoms. The fourth-order valence-corrected chi connectivity index (χ4v) is 2.96. The maximum Gasteiger partial charge on any atom is 0.308 e. The molecule has 0 fully saturated rings. The molecule has 4 nitrogen and oxygen atoms in total. The van der Waals surface area contributed by atoms with Gasteiger partial charge in [-0.1, -0.05) is 35.9 Å². The van der Waals surface area contributed by atoms with Gasteiger partial charge in [0.15, 0.2) is 5.88 Å². The third-order valence-electron chi connectivity index (χ3n) is 3.81. The van der Waals surface area contributed by atoms with Crippen LogP contribution in [0.4, 0.5) is 0 Å². The van der Waals surface area contributed by atoms with Crippen molar-refractivity contribution >= 4 is 28.5 Å². The molecule has 0 atom stereocenters. The number of aliphatic carboxylic acids is 1. The highest BCUT2D eigenvalue weighted by atomic mass is 35.5. The minimum atomic E-state index is -0.884. The summed E-state index contributed by atoms with van der Waals surface area (Å²) in [6.45, 7) is 0. The minimum absolute atomic E-state index is 0.0825. The second-order valence-corrected chi connectivity index (χ2v) is 5.79. The summed E-state index contributed by atoms with van der Waals surface area (Å²) in [5, 5.41) is 10.8. The first kappa shape index (κ1) is 15.4. The lowest BCUT2D eigenvalue weighted by atomic mass is 9.98. The molecule has 0 aliphatic heterocycles. The van der Waals surface area contributed by atoms with Crippen LogP contribution < -0.4 is 4.74 Å². The van der Waals surface area contributed by atoms with Gasteiger partial charge in [0.2, 0.25) is 0 Å². The van der Waals surface area contributed by atoms with Crippen LogP contribution in [0.25, 0.3) is 10.9 Å². The maximum absolute atomic E-state index is 11.2. The average Bonchev–Trinajstić information content (AvgIpc) is 2.88. The molecular weight excluding hydrogens is 314 g/mol. The highest BCUT2D eigenvalue weighted by molar-refractivity contribution is 6.30. The molecule has 3 aromatic rings. The van der Waals surface area contributed by atoms with Crippen LogP contribution in [0.3, 0.4) is 0 Å². The van der Waals surface area contributed by atoms with Crippen molar-refractivity contribution in [3.63, 3.8) is 0 Å². The van der Waals surface area contributed by atoms with Crippen LogP contribution in [0.1, 0.15) is 16.7 Å². The van der Waals surface area contributed by atoms with E-state index in [1.165, 1.54) is 7.11 Å². The lowest BCUT2D eigenvalue weighted by molar-refractivity contribution is -0.136. The number of benzene rings is 2. The van der Waals surface area contributed by atoms with Crippen molar-refractivity contribution in [1.82, 2.24) is 4.98 Å². The molecule has 3 rings (SSSR count). The van der Waals surface area contributed by atoms with E-state index in [4.69, 9.17) is 16.3 Å². The zero-order valence-corrected chi connectivity index (χ0v) is 13.4. The summed E-state index contributed by atoms with van der Waals surface area (Å²) < 4.78 is 5.32. The third kappa shape index (κ3) is 3.17. The van der Waals surface area contributed by atoms with E-state index in [1.807, 2.05) is 42.5 Å². The molecule has 0 aliphatic carbocycles. The highest BCUT2D eigenvalue weighted by Crippen LogP contribution is 2.32. The lowest BCUT2D eigenvalue weighted by Gasteiger charge is -2.07. The van der Waals surface area contributed by atoms with Gasteiger partial charge in [0.05, 0.1) is 13.5 Å². The van der Waals surface area contributed by atoms with Crippen molar-refractivity contribution in [2.75, 3.05) is 7.11 Å². The van der Waals surface area contributed by atoms with E-state index < -0.39 is 5.97 Å². The predicted molar refractivity (Wildman–Crippen MR) is 90.4 cm³/mol. The van der Waals surface area contributed by atoms with Crippen molar-refractivity contribution in [2.24, 2.45) is 0 Å². The number of hydrogen-bond acceptors (Lipinski definition) is 2. The number of nitrogens with one attached hydrogen (secondary N) is 1. The van der Waals surface area contributed by atoms with Gasteiger partial charge in [0, 0.05) is 21.5 Å². The maximum atomic E-state index is 11.2. The van der Waals surface area contributed by atoms with Gasteiger partial charge in [-0.15, -0.1) is 0 Å². The van der Waals surface area contributed by atoms with E-state index in [1.54, 1.807) is 0 Å². The van der Waals surface area contributed by atoms with Gasteiger partial charge in [-0.2, -0.15) is 0 Å². The Morgan fingerprint density at radius 1 is 1.22 bits per heavy atom. The Balaban J connectivity index is 2.10. The lowest BCUT2D eigenvalue weighted by Crippen LogP contribution is -2.02. The highest BCUT2D eigenvalue weighted by Gasteiger charge is 2.17. The number of carboxylic acid groups (broad SMARTS) is 1. The van der Waals surface area contributed by atoms with Gasteiger partial charge < -0.3 is 14.8 Å². The molecule has 0 radical (unpaired) electrons. The zero-order valence-electron chi connectivity index (χ0n) is 12.6. The average molecular weight is 330 g/mol. The number of aromatic amines is 1. The number of halogens is 1. The summed E-state index contributed by atoms with van der Waals surface area (Å²) in [6.07, 6.45) is 0.614. The number of fused-ring (bicyclic) bond motifs is 1. The van der Waals surface area contributed by atoms with E-state index in [9.17, 15) is 9.90 Å². The second kappa shape index (κ2) is 6.34. The van der Waals surface area contributed by atoms with Crippen LogP contribution in [0, 0.1) is 0 Å². The standard InChI is InChI=1S/C18H16ClNO3/c1-23-18-14(10-16(21)22)17-12(3-2-4-15(17)20-18)9-11-5-7-13(19)8-6-11/h2-8,20H,9-10H2,1H3,(H,21,22). The molecule has 0 aliphatic rings. The zero-order chi connectivity index (χ0) is 16.4. The molecule has 23 heavy (non-hydrogen) atoms. The van der Waals surface area contributed by atoms with Crippen molar-refractivity contribution in [3.8, 4) is 5.88 Å². The first-order valence-corrected chi connectivity index (χ1v) is 7.59. The second-order valence-electron chi connectivity index (χ2n) is 5.35. The predicted octanol–water partition coefficient (Wildman–Crippen LogP) is 4.05. The molecule has 1 heterocycles. The van der Waals surface area contributed by atoms with Crippen molar-refractivity contribution in [1.29, 1.82) is 0 Å². The molecule has 0 saturated carbocycles. The fourth-order valence-electron chi connectivity index (χ4n) is 2.84. The van der Waals surface area contributed by atoms with Crippen LogP contribution >= 0.6 is 11.6 Å². The van der Waals surface area contributed by atoms with E-state index in [2.05, 4.69) is 4.98 Å². The molecular formula is C18H16ClNO3. The Hall–Kier alpha value is -2.46. The van der Waals surface area contributed by atoms with Crippen LogP contribution in [-0.4, -0.2) is 23.2 Å². The quantitative estimate of drug-likeness (QED) is 0.742. The molecule has 118 valence electrons. The summed E-state index contributed by atoms with van der Waals surface area (Å²) >= 11 is 5.93. The number of methoxy groups -OCH3 is 1. The SMILES string of the molecule is COc1[nH]c2cccc(Cc3ccc(Cl)cc3)c2c1CC(=O)O. The van der Waals surface area contributed by atoms with Gasteiger partial charge in [-0.05, 0) is 35.7 Å². The van der Waals surface area contributed by atoms with Gasteiger partial charge in [0.1, 0.15) is 0 Å². The number of H-pyrrole nitrogens is 1. The monoisotopic (exact) mass is 329 g/mol. The minimum Gasteiger partial charge on any atom is -0.482 e. The summed E-state index contributed by atoms with van der Waals surface area (Å²) in [7, 11) is 1.54.